The third-order valence-corrected chi connectivity index (χ3v) is 7.52. The number of allylic oxidation sites excluding steroid dienone is 3. The van der Waals surface area contributed by atoms with Gasteiger partial charge in [0.1, 0.15) is 5.60 Å². The van der Waals surface area contributed by atoms with Crippen molar-refractivity contribution in [3.8, 4) is 12.3 Å². The summed E-state index contributed by atoms with van der Waals surface area (Å²) in [5.41, 5.74) is 1.02. The van der Waals surface area contributed by atoms with Gasteiger partial charge in [0.2, 0.25) is 0 Å². The molecular formula is C21H28O. The van der Waals surface area contributed by atoms with E-state index in [1.54, 1.807) is 0 Å². The molecule has 0 spiro atoms. The van der Waals surface area contributed by atoms with Crippen molar-refractivity contribution in [1.82, 2.24) is 0 Å². The van der Waals surface area contributed by atoms with Crippen molar-refractivity contribution in [2.24, 2.45) is 29.1 Å². The highest BCUT2D eigenvalue weighted by molar-refractivity contribution is 5.30. The van der Waals surface area contributed by atoms with Crippen LogP contribution in [0.1, 0.15) is 58.3 Å². The molecule has 0 aliphatic heterocycles. The molecule has 1 heteroatoms. The van der Waals surface area contributed by atoms with Gasteiger partial charge in [-0.25, -0.2) is 0 Å². The van der Waals surface area contributed by atoms with Gasteiger partial charge in [-0.2, -0.15) is 0 Å². The SMILES string of the molecule is C#CC1(O)C=C2CC[C@@H]3[C@H](CCC4(CC)C=CC[C@@H]34)[C@H]2CC1. The average Bonchev–Trinajstić information content (AvgIpc) is 2.99. The Morgan fingerprint density at radius 1 is 1.27 bits per heavy atom. The van der Waals surface area contributed by atoms with Crippen LogP contribution in [0, 0.1) is 41.4 Å². The molecule has 0 radical (unpaired) electrons. The molecular weight excluding hydrogens is 268 g/mol. The van der Waals surface area contributed by atoms with E-state index in [4.69, 9.17) is 6.42 Å². The van der Waals surface area contributed by atoms with E-state index in [-0.39, 0.29) is 0 Å². The van der Waals surface area contributed by atoms with Crippen LogP contribution in [-0.2, 0) is 0 Å². The molecule has 0 amide bonds. The summed E-state index contributed by atoms with van der Waals surface area (Å²) in [5, 5.41) is 10.4. The lowest BCUT2D eigenvalue weighted by atomic mass is 9.51. The molecule has 22 heavy (non-hydrogen) atoms. The van der Waals surface area contributed by atoms with Crippen LogP contribution in [-0.4, -0.2) is 10.7 Å². The standard InChI is InChI=1S/C21H28O/c1-3-20-11-5-6-19(20)18-8-7-15-14-21(22,4-2)13-10-16(15)17(18)9-12-20/h2,5,11,14,16-19,22H,3,6-10,12-13H2,1H3/t16-,17+,18+,19-,20?,21?/m0/s1. The smallest absolute Gasteiger partial charge is 0.144 e. The molecule has 0 saturated heterocycles. The second-order valence-electron chi connectivity index (χ2n) is 8.17. The van der Waals surface area contributed by atoms with Gasteiger partial charge in [-0.3, -0.25) is 0 Å². The maximum Gasteiger partial charge on any atom is 0.144 e. The Morgan fingerprint density at radius 2 is 2.14 bits per heavy atom. The number of terminal acetylenes is 1. The molecule has 4 aliphatic carbocycles. The van der Waals surface area contributed by atoms with E-state index in [0.717, 1.165) is 37.0 Å². The lowest BCUT2D eigenvalue weighted by molar-refractivity contribution is -0.00512. The second-order valence-corrected chi connectivity index (χ2v) is 8.17. The Bertz CT molecular complexity index is 565. The van der Waals surface area contributed by atoms with Crippen molar-refractivity contribution in [2.45, 2.75) is 63.9 Å². The van der Waals surface area contributed by atoms with Crippen LogP contribution < -0.4 is 0 Å². The molecule has 2 fully saturated rings. The normalized spacial score (nSPS) is 49.6. The third kappa shape index (κ3) is 1.96. The summed E-state index contributed by atoms with van der Waals surface area (Å²) < 4.78 is 0. The molecule has 2 unspecified atom stereocenters. The van der Waals surface area contributed by atoms with Gasteiger partial charge in [0.05, 0.1) is 0 Å². The van der Waals surface area contributed by atoms with Gasteiger partial charge in [-0.1, -0.05) is 30.6 Å². The molecule has 118 valence electrons. The minimum absolute atomic E-state index is 0.511. The van der Waals surface area contributed by atoms with Gasteiger partial charge in [-0.05, 0) is 86.5 Å². The predicted molar refractivity (Wildman–Crippen MR) is 90.0 cm³/mol. The second kappa shape index (κ2) is 5.00. The van der Waals surface area contributed by atoms with Crippen LogP contribution in [0.2, 0.25) is 0 Å². The summed E-state index contributed by atoms with van der Waals surface area (Å²) in [5.74, 6) is 5.92. The topological polar surface area (TPSA) is 20.2 Å². The molecule has 0 aromatic heterocycles. The van der Waals surface area contributed by atoms with Gasteiger partial charge >= 0.3 is 0 Å². The first-order valence-corrected chi connectivity index (χ1v) is 9.20. The van der Waals surface area contributed by atoms with Crippen LogP contribution in [0.15, 0.2) is 23.8 Å². The van der Waals surface area contributed by atoms with Crippen molar-refractivity contribution in [3.63, 3.8) is 0 Å². The monoisotopic (exact) mass is 296 g/mol. The highest BCUT2D eigenvalue weighted by atomic mass is 16.3. The van der Waals surface area contributed by atoms with Crippen LogP contribution >= 0.6 is 0 Å². The summed E-state index contributed by atoms with van der Waals surface area (Å²) in [4.78, 5) is 0. The molecule has 1 nitrogen and oxygen atoms in total. The zero-order valence-electron chi connectivity index (χ0n) is 13.7. The van der Waals surface area contributed by atoms with E-state index in [9.17, 15) is 5.11 Å². The summed E-state index contributed by atoms with van der Waals surface area (Å²) in [6.07, 6.45) is 22.3. The van der Waals surface area contributed by atoms with E-state index in [0.29, 0.717) is 11.3 Å². The maximum absolute atomic E-state index is 10.4. The van der Waals surface area contributed by atoms with E-state index in [1.807, 2.05) is 6.08 Å². The van der Waals surface area contributed by atoms with E-state index < -0.39 is 5.60 Å². The van der Waals surface area contributed by atoms with Crippen LogP contribution in [0.3, 0.4) is 0 Å². The fraction of sp³-hybridized carbons (Fsp3) is 0.714. The Balaban J connectivity index is 1.62. The van der Waals surface area contributed by atoms with Crippen molar-refractivity contribution in [3.05, 3.63) is 23.8 Å². The quantitative estimate of drug-likeness (QED) is 0.559. The summed E-state index contributed by atoms with van der Waals surface area (Å²) in [7, 11) is 0. The van der Waals surface area contributed by atoms with E-state index in [1.165, 1.54) is 37.7 Å². The molecule has 1 N–H and O–H groups in total. The predicted octanol–water partition coefficient (Wildman–Crippen LogP) is 4.48. The molecule has 4 aliphatic rings. The zero-order chi connectivity index (χ0) is 15.4. The highest BCUT2D eigenvalue weighted by Gasteiger charge is 2.52. The fourth-order valence-corrected chi connectivity index (χ4v) is 6.34. The van der Waals surface area contributed by atoms with Crippen molar-refractivity contribution < 1.29 is 5.11 Å². The van der Waals surface area contributed by atoms with Gasteiger partial charge in [0.25, 0.3) is 0 Å². The fourth-order valence-electron chi connectivity index (χ4n) is 6.34. The summed E-state index contributed by atoms with van der Waals surface area (Å²) >= 11 is 0. The minimum Gasteiger partial charge on any atom is -0.374 e. The Hall–Kier alpha value is -1.00. The Kier molecular flexibility index (Phi) is 3.31. The molecule has 4 rings (SSSR count). The summed E-state index contributed by atoms with van der Waals surface area (Å²) in [6, 6.07) is 0. The van der Waals surface area contributed by atoms with Crippen LogP contribution in [0.5, 0.6) is 0 Å². The van der Waals surface area contributed by atoms with E-state index in [2.05, 4.69) is 25.0 Å². The zero-order valence-corrected chi connectivity index (χ0v) is 13.7. The number of aliphatic hydroxyl groups is 1. The van der Waals surface area contributed by atoms with Crippen molar-refractivity contribution in [1.29, 1.82) is 0 Å². The first kappa shape index (κ1) is 14.6. The highest BCUT2D eigenvalue weighted by Crippen LogP contribution is 2.61. The van der Waals surface area contributed by atoms with Gasteiger partial charge in [-0.15, -0.1) is 6.42 Å². The Morgan fingerprint density at radius 3 is 2.91 bits per heavy atom. The number of fused-ring (bicyclic) bond motifs is 5. The molecule has 0 heterocycles. The van der Waals surface area contributed by atoms with Crippen molar-refractivity contribution in [2.75, 3.05) is 0 Å². The molecule has 2 saturated carbocycles. The van der Waals surface area contributed by atoms with E-state index >= 15 is 0 Å². The lowest BCUT2D eigenvalue weighted by Crippen LogP contribution is -2.46. The maximum atomic E-state index is 10.4. The lowest BCUT2D eigenvalue weighted by Gasteiger charge is -2.54. The van der Waals surface area contributed by atoms with Crippen LogP contribution in [0.25, 0.3) is 0 Å². The largest absolute Gasteiger partial charge is 0.374 e. The molecule has 0 aromatic rings. The number of hydrogen-bond acceptors (Lipinski definition) is 1. The molecule has 0 aromatic carbocycles. The van der Waals surface area contributed by atoms with Gasteiger partial charge < -0.3 is 5.11 Å². The summed E-state index contributed by atoms with van der Waals surface area (Å²) in [6.45, 7) is 2.38. The Labute approximate surface area is 134 Å². The van der Waals surface area contributed by atoms with Gasteiger partial charge in [0, 0.05) is 0 Å². The van der Waals surface area contributed by atoms with Gasteiger partial charge in [0.15, 0.2) is 0 Å². The molecule has 0 bridgehead atoms. The van der Waals surface area contributed by atoms with Crippen LogP contribution in [0.4, 0.5) is 0 Å². The first-order valence-electron chi connectivity index (χ1n) is 9.20. The average molecular weight is 296 g/mol. The minimum atomic E-state index is -0.963. The first-order chi connectivity index (χ1) is 10.6. The number of hydrogen-bond donors (Lipinski definition) is 1. The number of rotatable bonds is 1. The van der Waals surface area contributed by atoms with Crippen molar-refractivity contribution >= 4 is 0 Å². The third-order valence-electron chi connectivity index (χ3n) is 7.52. The molecule has 6 atom stereocenters.